The Kier molecular flexibility index (Phi) is 4.02. The topological polar surface area (TPSA) is 69.6 Å². The summed E-state index contributed by atoms with van der Waals surface area (Å²) in [5.74, 6) is -1.51. The van der Waals surface area contributed by atoms with E-state index >= 15 is 0 Å². The molecule has 0 spiro atoms. The molecular weight excluding hydrogens is 292 g/mol. The highest BCUT2D eigenvalue weighted by molar-refractivity contribution is 5.94. The molecule has 0 aliphatic carbocycles. The van der Waals surface area contributed by atoms with Crippen molar-refractivity contribution in [1.29, 1.82) is 0 Å². The summed E-state index contributed by atoms with van der Waals surface area (Å²) in [6.07, 6.45) is -0.0817. The third kappa shape index (κ3) is 2.77. The first-order valence-corrected chi connectivity index (χ1v) is 7.50. The van der Waals surface area contributed by atoms with E-state index in [4.69, 9.17) is 5.11 Å². The summed E-state index contributed by atoms with van der Waals surface area (Å²) in [5.41, 5.74) is 3.84. The molecule has 118 valence electrons. The number of carbonyl (C=O) groups excluding carboxylic acids is 1. The molecule has 0 saturated heterocycles. The second-order valence-electron chi connectivity index (χ2n) is 5.54. The Morgan fingerprint density at radius 3 is 2.09 bits per heavy atom. The predicted octanol–water partition coefficient (Wildman–Crippen LogP) is 2.49. The SMILES string of the molecule is CN1c2ccccc2C(C(=O)NCCC(=O)O)c2ccccc21. The van der Waals surface area contributed by atoms with Crippen LogP contribution in [0.15, 0.2) is 48.5 Å². The van der Waals surface area contributed by atoms with Gasteiger partial charge in [-0.05, 0) is 23.3 Å². The summed E-state index contributed by atoms with van der Waals surface area (Å²) >= 11 is 0. The highest BCUT2D eigenvalue weighted by atomic mass is 16.4. The smallest absolute Gasteiger partial charge is 0.305 e. The molecular formula is C18H18N2O3. The number of rotatable bonds is 4. The Labute approximate surface area is 134 Å². The van der Waals surface area contributed by atoms with Gasteiger partial charge in [0.15, 0.2) is 0 Å². The Hall–Kier alpha value is -2.82. The Bertz CT molecular complexity index is 710. The molecule has 5 nitrogen and oxygen atoms in total. The van der Waals surface area contributed by atoms with Crippen LogP contribution in [0.4, 0.5) is 11.4 Å². The quantitative estimate of drug-likeness (QED) is 0.910. The fourth-order valence-electron chi connectivity index (χ4n) is 3.05. The van der Waals surface area contributed by atoms with Crippen molar-refractivity contribution in [2.24, 2.45) is 0 Å². The lowest BCUT2D eigenvalue weighted by Gasteiger charge is -2.34. The van der Waals surface area contributed by atoms with E-state index in [1.165, 1.54) is 0 Å². The molecule has 23 heavy (non-hydrogen) atoms. The second-order valence-corrected chi connectivity index (χ2v) is 5.54. The number of amides is 1. The number of carboxylic acids is 1. The van der Waals surface area contributed by atoms with E-state index in [2.05, 4.69) is 10.2 Å². The van der Waals surface area contributed by atoms with Gasteiger partial charge >= 0.3 is 5.97 Å². The maximum absolute atomic E-state index is 12.7. The Balaban J connectivity index is 1.98. The Morgan fingerprint density at radius 2 is 1.57 bits per heavy atom. The molecule has 2 aromatic carbocycles. The standard InChI is InChI=1S/C18H18N2O3/c1-20-14-8-4-2-6-12(14)17(13-7-3-5-9-15(13)20)18(23)19-11-10-16(21)22/h2-9,17H,10-11H2,1H3,(H,19,23)(H,21,22). The van der Waals surface area contributed by atoms with Crippen LogP contribution in [-0.2, 0) is 9.59 Å². The fraction of sp³-hybridized carbons (Fsp3) is 0.222. The van der Waals surface area contributed by atoms with E-state index in [1.807, 2.05) is 55.6 Å². The highest BCUT2D eigenvalue weighted by Crippen LogP contribution is 2.44. The van der Waals surface area contributed by atoms with Crippen molar-refractivity contribution in [3.05, 3.63) is 59.7 Å². The molecule has 2 aromatic rings. The molecule has 0 aromatic heterocycles. The normalized spacial score (nSPS) is 13.2. The average molecular weight is 310 g/mol. The summed E-state index contributed by atoms with van der Waals surface area (Å²) in [6, 6.07) is 15.6. The Morgan fingerprint density at radius 1 is 1.04 bits per heavy atom. The number of benzene rings is 2. The largest absolute Gasteiger partial charge is 0.481 e. The number of anilines is 2. The minimum Gasteiger partial charge on any atom is -0.481 e. The van der Waals surface area contributed by atoms with Crippen molar-refractivity contribution in [3.63, 3.8) is 0 Å². The number of nitrogens with zero attached hydrogens (tertiary/aromatic N) is 1. The maximum Gasteiger partial charge on any atom is 0.305 e. The number of hydrogen-bond donors (Lipinski definition) is 2. The molecule has 0 radical (unpaired) electrons. The minimum absolute atomic E-state index is 0.0817. The van der Waals surface area contributed by atoms with Crippen LogP contribution in [0.1, 0.15) is 23.5 Å². The number of carboxylic acid groups (broad SMARTS) is 1. The number of carbonyl (C=O) groups is 2. The third-order valence-corrected chi connectivity index (χ3v) is 4.12. The predicted molar refractivity (Wildman–Crippen MR) is 88.1 cm³/mol. The van der Waals surface area contributed by atoms with Crippen LogP contribution < -0.4 is 10.2 Å². The lowest BCUT2D eigenvalue weighted by molar-refractivity contribution is -0.136. The van der Waals surface area contributed by atoms with Gasteiger partial charge in [0.05, 0.1) is 12.3 Å². The molecule has 3 rings (SSSR count). The van der Waals surface area contributed by atoms with Gasteiger partial charge in [0.2, 0.25) is 5.91 Å². The summed E-state index contributed by atoms with van der Waals surface area (Å²) in [5, 5.41) is 11.5. The van der Waals surface area contributed by atoms with Gasteiger partial charge in [0.1, 0.15) is 0 Å². The molecule has 1 aliphatic rings. The number of hydrogen-bond acceptors (Lipinski definition) is 3. The van der Waals surface area contributed by atoms with Crippen LogP contribution in [-0.4, -0.2) is 30.6 Å². The number of aliphatic carboxylic acids is 1. The lowest BCUT2D eigenvalue weighted by Crippen LogP contribution is -2.35. The number of nitrogens with one attached hydrogen (secondary N) is 1. The molecule has 0 atom stereocenters. The van der Waals surface area contributed by atoms with Crippen molar-refractivity contribution >= 4 is 23.3 Å². The maximum atomic E-state index is 12.7. The molecule has 0 saturated carbocycles. The van der Waals surface area contributed by atoms with Gasteiger partial charge < -0.3 is 15.3 Å². The van der Waals surface area contributed by atoms with E-state index in [0.29, 0.717) is 0 Å². The van der Waals surface area contributed by atoms with E-state index in [0.717, 1.165) is 22.5 Å². The fourth-order valence-corrected chi connectivity index (χ4v) is 3.05. The van der Waals surface area contributed by atoms with Crippen LogP contribution >= 0.6 is 0 Å². The van der Waals surface area contributed by atoms with Crippen LogP contribution in [0.3, 0.4) is 0 Å². The van der Waals surface area contributed by atoms with Gasteiger partial charge in [-0.1, -0.05) is 36.4 Å². The van der Waals surface area contributed by atoms with E-state index in [-0.39, 0.29) is 18.9 Å². The summed E-state index contributed by atoms with van der Waals surface area (Å²) in [6.45, 7) is 0.130. The molecule has 0 fully saturated rings. The van der Waals surface area contributed by atoms with Crippen LogP contribution in [0.25, 0.3) is 0 Å². The summed E-state index contributed by atoms with van der Waals surface area (Å²) < 4.78 is 0. The lowest BCUT2D eigenvalue weighted by atomic mass is 9.84. The zero-order chi connectivity index (χ0) is 16.4. The molecule has 0 bridgehead atoms. The van der Waals surface area contributed by atoms with Crippen LogP contribution in [0.5, 0.6) is 0 Å². The molecule has 0 unspecified atom stereocenters. The van der Waals surface area contributed by atoms with Crippen molar-refractivity contribution in [3.8, 4) is 0 Å². The third-order valence-electron chi connectivity index (χ3n) is 4.12. The van der Waals surface area contributed by atoms with E-state index in [9.17, 15) is 9.59 Å². The minimum atomic E-state index is -0.922. The first-order valence-electron chi connectivity index (χ1n) is 7.50. The average Bonchev–Trinajstić information content (AvgIpc) is 2.55. The van der Waals surface area contributed by atoms with Crippen molar-refractivity contribution in [1.82, 2.24) is 5.32 Å². The van der Waals surface area contributed by atoms with Gasteiger partial charge in [0, 0.05) is 25.0 Å². The molecule has 5 heteroatoms. The first-order chi connectivity index (χ1) is 11.1. The van der Waals surface area contributed by atoms with Crippen molar-refractivity contribution in [2.75, 3.05) is 18.5 Å². The molecule has 1 heterocycles. The summed E-state index contributed by atoms with van der Waals surface area (Å²) in [7, 11) is 1.98. The summed E-state index contributed by atoms with van der Waals surface area (Å²) in [4.78, 5) is 25.4. The zero-order valence-corrected chi connectivity index (χ0v) is 12.8. The number of fused-ring (bicyclic) bond motifs is 2. The van der Waals surface area contributed by atoms with Crippen molar-refractivity contribution in [2.45, 2.75) is 12.3 Å². The van der Waals surface area contributed by atoms with Gasteiger partial charge in [-0.3, -0.25) is 9.59 Å². The van der Waals surface area contributed by atoms with Crippen LogP contribution in [0, 0.1) is 0 Å². The molecule has 1 aliphatic heterocycles. The van der Waals surface area contributed by atoms with E-state index in [1.54, 1.807) is 0 Å². The van der Waals surface area contributed by atoms with Gasteiger partial charge in [0.25, 0.3) is 0 Å². The monoisotopic (exact) mass is 310 g/mol. The van der Waals surface area contributed by atoms with Gasteiger partial charge in [-0.2, -0.15) is 0 Å². The first kappa shape index (κ1) is 15.1. The van der Waals surface area contributed by atoms with Crippen molar-refractivity contribution < 1.29 is 14.7 Å². The molecule has 1 amide bonds. The molecule has 2 N–H and O–H groups in total. The second kappa shape index (κ2) is 6.12. The zero-order valence-electron chi connectivity index (χ0n) is 12.8. The van der Waals surface area contributed by atoms with Gasteiger partial charge in [-0.15, -0.1) is 0 Å². The van der Waals surface area contributed by atoms with E-state index < -0.39 is 11.9 Å². The van der Waals surface area contributed by atoms with Crippen LogP contribution in [0.2, 0.25) is 0 Å². The van der Waals surface area contributed by atoms with Gasteiger partial charge in [-0.25, -0.2) is 0 Å². The number of para-hydroxylation sites is 2. The highest BCUT2D eigenvalue weighted by Gasteiger charge is 2.32.